The SMILES string of the molecule is CCN=C(N)N1CCC=N1. The molecule has 0 radical (unpaired) electrons. The van der Waals surface area contributed by atoms with Gasteiger partial charge in [0.1, 0.15) is 0 Å². The van der Waals surface area contributed by atoms with Crippen LogP contribution in [0.25, 0.3) is 0 Å². The summed E-state index contributed by atoms with van der Waals surface area (Å²) in [5.41, 5.74) is 5.55. The molecule has 1 rings (SSSR count). The minimum atomic E-state index is 0.524. The van der Waals surface area contributed by atoms with Gasteiger partial charge in [-0.1, -0.05) is 0 Å². The molecule has 1 aliphatic heterocycles. The lowest BCUT2D eigenvalue weighted by Gasteiger charge is -2.10. The van der Waals surface area contributed by atoms with Crippen LogP contribution >= 0.6 is 0 Å². The van der Waals surface area contributed by atoms with Crippen LogP contribution in [0.15, 0.2) is 10.1 Å². The van der Waals surface area contributed by atoms with E-state index in [-0.39, 0.29) is 0 Å². The molecule has 1 heterocycles. The Morgan fingerprint density at radius 2 is 2.70 bits per heavy atom. The molecule has 0 unspecified atom stereocenters. The van der Waals surface area contributed by atoms with Gasteiger partial charge in [0, 0.05) is 25.7 Å². The molecule has 0 spiro atoms. The second kappa shape index (κ2) is 3.20. The van der Waals surface area contributed by atoms with Crippen molar-refractivity contribution in [3.05, 3.63) is 0 Å². The molecule has 0 saturated carbocycles. The topological polar surface area (TPSA) is 54.0 Å². The molecule has 0 aromatic heterocycles. The summed E-state index contributed by atoms with van der Waals surface area (Å²) in [7, 11) is 0. The average molecular weight is 140 g/mol. The Balaban J connectivity index is 2.48. The first-order valence-electron chi connectivity index (χ1n) is 3.44. The highest BCUT2D eigenvalue weighted by Gasteiger charge is 2.07. The van der Waals surface area contributed by atoms with Crippen molar-refractivity contribution in [1.29, 1.82) is 0 Å². The van der Waals surface area contributed by atoms with Crippen LogP contribution in [0.1, 0.15) is 13.3 Å². The van der Waals surface area contributed by atoms with E-state index in [0.717, 1.165) is 19.5 Å². The van der Waals surface area contributed by atoms with Crippen molar-refractivity contribution in [3.63, 3.8) is 0 Å². The maximum absolute atomic E-state index is 5.55. The van der Waals surface area contributed by atoms with Gasteiger partial charge >= 0.3 is 0 Å². The quantitative estimate of drug-likeness (QED) is 0.412. The van der Waals surface area contributed by atoms with E-state index in [4.69, 9.17) is 5.73 Å². The molecule has 1 aliphatic rings. The molecule has 0 aromatic carbocycles. The zero-order valence-corrected chi connectivity index (χ0v) is 6.12. The molecule has 10 heavy (non-hydrogen) atoms. The van der Waals surface area contributed by atoms with E-state index < -0.39 is 0 Å². The first kappa shape index (κ1) is 7.05. The predicted molar refractivity (Wildman–Crippen MR) is 42.0 cm³/mol. The molecule has 0 fully saturated rings. The van der Waals surface area contributed by atoms with Gasteiger partial charge in [0.05, 0.1) is 0 Å². The van der Waals surface area contributed by atoms with Crippen LogP contribution in [0, 0.1) is 0 Å². The van der Waals surface area contributed by atoms with Crippen molar-refractivity contribution in [2.24, 2.45) is 15.8 Å². The molecule has 2 N–H and O–H groups in total. The molecular weight excluding hydrogens is 128 g/mol. The standard InChI is InChI=1S/C6H12N4/c1-2-8-6(7)10-5-3-4-9-10/h4H,2-3,5H2,1H3,(H2,7,8). The van der Waals surface area contributed by atoms with Gasteiger partial charge in [-0.15, -0.1) is 0 Å². The summed E-state index contributed by atoms with van der Waals surface area (Å²) in [5.74, 6) is 0.524. The first-order chi connectivity index (χ1) is 4.84. The van der Waals surface area contributed by atoms with E-state index in [9.17, 15) is 0 Å². The predicted octanol–water partition coefficient (Wildman–Crippen LogP) is 0.0125. The highest BCUT2D eigenvalue weighted by molar-refractivity contribution is 5.80. The Hall–Kier alpha value is -1.06. The number of rotatable bonds is 1. The summed E-state index contributed by atoms with van der Waals surface area (Å²) in [6, 6.07) is 0. The highest BCUT2D eigenvalue weighted by Crippen LogP contribution is 1.97. The molecule has 4 nitrogen and oxygen atoms in total. The molecular formula is C6H12N4. The maximum atomic E-state index is 5.55. The normalized spacial score (nSPS) is 18.5. The van der Waals surface area contributed by atoms with Gasteiger partial charge in [-0.2, -0.15) is 5.10 Å². The zero-order valence-electron chi connectivity index (χ0n) is 6.12. The van der Waals surface area contributed by atoms with Crippen LogP contribution in [0.3, 0.4) is 0 Å². The summed E-state index contributed by atoms with van der Waals surface area (Å²) in [6.07, 6.45) is 2.82. The number of hydrogen-bond acceptors (Lipinski definition) is 2. The van der Waals surface area contributed by atoms with Crippen molar-refractivity contribution in [2.45, 2.75) is 13.3 Å². The molecule has 0 aromatic rings. The minimum Gasteiger partial charge on any atom is -0.368 e. The lowest BCUT2D eigenvalue weighted by atomic mass is 10.5. The van der Waals surface area contributed by atoms with Crippen LogP contribution < -0.4 is 5.73 Å². The molecule has 0 atom stereocenters. The van der Waals surface area contributed by atoms with Crippen LogP contribution in [0.2, 0.25) is 0 Å². The van der Waals surface area contributed by atoms with E-state index in [2.05, 4.69) is 10.1 Å². The van der Waals surface area contributed by atoms with Crippen molar-refractivity contribution in [3.8, 4) is 0 Å². The molecule has 0 amide bonds. The first-order valence-corrected chi connectivity index (χ1v) is 3.44. The van der Waals surface area contributed by atoms with Crippen LogP contribution in [-0.2, 0) is 0 Å². The Kier molecular flexibility index (Phi) is 2.25. The third-order valence-corrected chi connectivity index (χ3v) is 1.28. The summed E-state index contributed by atoms with van der Waals surface area (Å²) in [4.78, 5) is 4.01. The monoisotopic (exact) mass is 140 g/mol. The number of hydrazone groups is 1. The van der Waals surface area contributed by atoms with Gasteiger partial charge in [0.15, 0.2) is 0 Å². The van der Waals surface area contributed by atoms with E-state index in [1.165, 1.54) is 0 Å². The smallest absolute Gasteiger partial charge is 0.212 e. The second-order valence-electron chi connectivity index (χ2n) is 2.04. The average Bonchev–Trinajstić information content (AvgIpc) is 2.38. The Bertz CT molecular complexity index is 161. The lowest BCUT2D eigenvalue weighted by molar-refractivity contribution is 0.483. The number of nitrogens with two attached hydrogens (primary N) is 1. The summed E-state index contributed by atoms with van der Waals surface area (Å²) in [5, 5.41) is 5.72. The van der Waals surface area contributed by atoms with Gasteiger partial charge in [-0.05, 0) is 6.92 Å². The third-order valence-electron chi connectivity index (χ3n) is 1.28. The third kappa shape index (κ3) is 1.46. The van der Waals surface area contributed by atoms with E-state index >= 15 is 0 Å². The Morgan fingerprint density at radius 3 is 3.20 bits per heavy atom. The fraction of sp³-hybridized carbons (Fsp3) is 0.667. The van der Waals surface area contributed by atoms with Crippen LogP contribution in [0.5, 0.6) is 0 Å². The molecule has 4 heteroatoms. The van der Waals surface area contributed by atoms with Gasteiger partial charge in [0.25, 0.3) is 0 Å². The number of guanidine groups is 1. The second-order valence-corrected chi connectivity index (χ2v) is 2.04. The number of aliphatic imine (C=N–C) groups is 1. The maximum Gasteiger partial charge on any atom is 0.212 e. The fourth-order valence-electron chi connectivity index (χ4n) is 0.811. The number of nitrogens with zero attached hydrogens (tertiary/aromatic N) is 3. The van der Waals surface area contributed by atoms with E-state index in [0.29, 0.717) is 5.96 Å². The van der Waals surface area contributed by atoms with Crippen LogP contribution in [0.4, 0.5) is 0 Å². The Morgan fingerprint density at radius 1 is 1.90 bits per heavy atom. The van der Waals surface area contributed by atoms with E-state index in [1.54, 1.807) is 5.01 Å². The summed E-state index contributed by atoms with van der Waals surface area (Å²) < 4.78 is 0. The minimum absolute atomic E-state index is 0.524. The van der Waals surface area contributed by atoms with Crippen molar-refractivity contribution in [1.82, 2.24) is 5.01 Å². The van der Waals surface area contributed by atoms with Crippen molar-refractivity contribution in [2.75, 3.05) is 13.1 Å². The van der Waals surface area contributed by atoms with Crippen LogP contribution in [-0.4, -0.2) is 30.3 Å². The Labute approximate surface area is 60.4 Å². The van der Waals surface area contributed by atoms with E-state index in [1.807, 2.05) is 13.1 Å². The zero-order chi connectivity index (χ0) is 7.40. The summed E-state index contributed by atoms with van der Waals surface area (Å²) >= 11 is 0. The van der Waals surface area contributed by atoms with Crippen molar-refractivity contribution < 1.29 is 0 Å². The van der Waals surface area contributed by atoms with Gasteiger partial charge in [0.2, 0.25) is 5.96 Å². The molecule has 56 valence electrons. The fourth-order valence-corrected chi connectivity index (χ4v) is 0.811. The van der Waals surface area contributed by atoms with Gasteiger partial charge in [-0.25, -0.2) is 5.01 Å². The van der Waals surface area contributed by atoms with Gasteiger partial charge in [-0.3, -0.25) is 4.99 Å². The molecule has 0 aliphatic carbocycles. The molecule has 0 saturated heterocycles. The largest absolute Gasteiger partial charge is 0.368 e. The van der Waals surface area contributed by atoms with Crippen molar-refractivity contribution >= 4 is 12.2 Å². The highest BCUT2D eigenvalue weighted by atomic mass is 15.5. The summed E-state index contributed by atoms with van der Waals surface area (Å²) in [6.45, 7) is 3.54. The lowest BCUT2D eigenvalue weighted by Crippen LogP contribution is -2.31. The molecule has 0 bridgehead atoms. The van der Waals surface area contributed by atoms with Gasteiger partial charge < -0.3 is 5.73 Å². The number of hydrogen-bond donors (Lipinski definition) is 1.